The van der Waals surface area contributed by atoms with Crippen LogP contribution in [0.5, 0.6) is 0 Å². The molecule has 3 amide bonds. The highest BCUT2D eigenvalue weighted by Crippen LogP contribution is 2.34. The van der Waals surface area contributed by atoms with Crippen LogP contribution >= 0.6 is 0 Å². The molecule has 26 heavy (non-hydrogen) atoms. The van der Waals surface area contributed by atoms with Crippen LogP contribution in [0, 0.1) is 0 Å². The second-order valence-electron chi connectivity index (χ2n) is 7.19. The molecule has 1 spiro atoms. The Morgan fingerprint density at radius 1 is 1.46 bits per heavy atom. The summed E-state index contributed by atoms with van der Waals surface area (Å²) >= 11 is 0. The molecular weight excluding hydrogens is 334 g/mol. The SMILES string of the molecule is CC(C)N(C)C(=O)C1=NOC2(CCN(C(=O)NCc3cccnc3)C2)C1. The minimum atomic E-state index is -0.575. The molecule has 1 N–H and O–H groups in total. The van der Waals surface area contributed by atoms with E-state index in [1.54, 1.807) is 29.2 Å². The molecule has 8 nitrogen and oxygen atoms in total. The fourth-order valence-corrected chi connectivity index (χ4v) is 3.10. The number of hydrogen-bond donors (Lipinski definition) is 1. The Bertz CT molecular complexity index is 706. The molecular formula is C18H25N5O3. The normalized spacial score (nSPS) is 21.7. The molecule has 0 bridgehead atoms. The van der Waals surface area contributed by atoms with Crippen LogP contribution in [0.4, 0.5) is 4.79 Å². The minimum Gasteiger partial charge on any atom is -0.386 e. The van der Waals surface area contributed by atoms with Gasteiger partial charge < -0.3 is 20.0 Å². The van der Waals surface area contributed by atoms with E-state index in [1.807, 2.05) is 26.0 Å². The molecule has 3 rings (SSSR count). The van der Waals surface area contributed by atoms with Gasteiger partial charge in [-0.3, -0.25) is 9.78 Å². The van der Waals surface area contributed by atoms with Crippen molar-refractivity contribution in [2.75, 3.05) is 20.1 Å². The van der Waals surface area contributed by atoms with Crippen LogP contribution in [-0.2, 0) is 16.2 Å². The van der Waals surface area contributed by atoms with E-state index >= 15 is 0 Å². The summed E-state index contributed by atoms with van der Waals surface area (Å²) in [4.78, 5) is 37.8. The maximum Gasteiger partial charge on any atom is 0.317 e. The molecule has 0 radical (unpaired) electrons. The second-order valence-corrected chi connectivity index (χ2v) is 7.19. The maximum atomic E-state index is 12.4. The first-order valence-electron chi connectivity index (χ1n) is 8.84. The largest absolute Gasteiger partial charge is 0.386 e. The minimum absolute atomic E-state index is 0.0973. The third-order valence-electron chi connectivity index (χ3n) is 4.95. The van der Waals surface area contributed by atoms with Gasteiger partial charge in [0.1, 0.15) is 5.71 Å². The number of aromatic nitrogens is 1. The van der Waals surface area contributed by atoms with Crippen LogP contribution in [0.25, 0.3) is 0 Å². The summed E-state index contributed by atoms with van der Waals surface area (Å²) in [5.74, 6) is -0.114. The lowest BCUT2D eigenvalue weighted by molar-refractivity contribution is -0.124. The third kappa shape index (κ3) is 3.79. The number of urea groups is 1. The first-order chi connectivity index (χ1) is 12.4. The zero-order chi connectivity index (χ0) is 18.7. The van der Waals surface area contributed by atoms with Crippen LogP contribution in [0.15, 0.2) is 29.7 Å². The molecule has 1 saturated heterocycles. The van der Waals surface area contributed by atoms with E-state index in [0.717, 1.165) is 5.56 Å². The number of rotatable bonds is 4. The molecule has 1 fully saturated rings. The van der Waals surface area contributed by atoms with E-state index in [9.17, 15) is 9.59 Å². The highest BCUT2D eigenvalue weighted by molar-refractivity contribution is 6.39. The maximum absolute atomic E-state index is 12.4. The molecule has 1 aromatic rings. The first-order valence-corrected chi connectivity index (χ1v) is 8.84. The predicted octanol–water partition coefficient (Wildman–Crippen LogP) is 1.38. The van der Waals surface area contributed by atoms with Gasteiger partial charge in [-0.1, -0.05) is 11.2 Å². The molecule has 3 heterocycles. The van der Waals surface area contributed by atoms with Crippen LogP contribution in [0.3, 0.4) is 0 Å². The first kappa shape index (κ1) is 18.2. The molecule has 1 unspecified atom stereocenters. The summed E-state index contributed by atoms with van der Waals surface area (Å²) in [6.45, 7) is 5.34. The smallest absolute Gasteiger partial charge is 0.317 e. The van der Waals surface area contributed by atoms with E-state index in [1.165, 1.54) is 0 Å². The van der Waals surface area contributed by atoms with Crippen LogP contribution < -0.4 is 5.32 Å². The summed E-state index contributed by atoms with van der Waals surface area (Å²) in [6.07, 6.45) is 4.53. The van der Waals surface area contributed by atoms with Gasteiger partial charge in [0, 0.05) is 51.4 Å². The number of oxime groups is 1. The van der Waals surface area contributed by atoms with E-state index in [4.69, 9.17) is 4.84 Å². The average molecular weight is 359 g/mol. The Balaban J connectivity index is 1.52. The summed E-state index contributed by atoms with van der Waals surface area (Å²) in [7, 11) is 1.76. The molecule has 0 aliphatic carbocycles. The van der Waals surface area contributed by atoms with Gasteiger partial charge in [0.2, 0.25) is 0 Å². The Morgan fingerprint density at radius 3 is 2.96 bits per heavy atom. The fourth-order valence-electron chi connectivity index (χ4n) is 3.10. The lowest BCUT2D eigenvalue weighted by Crippen LogP contribution is -2.43. The number of nitrogens with one attached hydrogen (secondary N) is 1. The van der Waals surface area contributed by atoms with Crippen molar-refractivity contribution < 1.29 is 14.4 Å². The zero-order valence-electron chi connectivity index (χ0n) is 15.4. The van der Waals surface area contributed by atoms with Crippen molar-refractivity contribution in [2.24, 2.45) is 5.16 Å². The van der Waals surface area contributed by atoms with Crippen molar-refractivity contribution in [1.29, 1.82) is 0 Å². The summed E-state index contributed by atoms with van der Waals surface area (Å²) in [5.41, 5.74) is 0.799. The molecule has 0 saturated carbocycles. The van der Waals surface area contributed by atoms with Crippen LogP contribution in [0.1, 0.15) is 32.3 Å². The monoisotopic (exact) mass is 359 g/mol. The van der Waals surface area contributed by atoms with Gasteiger partial charge in [-0.15, -0.1) is 0 Å². The third-order valence-corrected chi connectivity index (χ3v) is 4.95. The van der Waals surface area contributed by atoms with Gasteiger partial charge in [0.05, 0.1) is 6.54 Å². The molecule has 0 aromatic carbocycles. The lowest BCUT2D eigenvalue weighted by Gasteiger charge is -2.23. The van der Waals surface area contributed by atoms with Gasteiger partial charge in [0.15, 0.2) is 5.60 Å². The number of carbonyl (C=O) groups excluding carboxylic acids is 2. The summed E-state index contributed by atoms with van der Waals surface area (Å²) < 4.78 is 0. The number of likely N-dealkylation sites (tertiary alicyclic amines) is 1. The Hall–Kier alpha value is -2.64. The number of pyridine rings is 1. The van der Waals surface area contributed by atoms with Gasteiger partial charge in [-0.05, 0) is 25.5 Å². The van der Waals surface area contributed by atoms with E-state index in [0.29, 0.717) is 38.2 Å². The number of amides is 3. The highest BCUT2D eigenvalue weighted by atomic mass is 16.7. The van der Waals surface area contributed by atoms with Gasteiger partial charge in [-0.25, -0.2) is 4.79 Å². The zero-order valence-corrected chi connectivity index (χ0v) is 15.4. The molecule has 8 heteroatoms. The Labute approximate surface area is 153 Å². The van der Waals surface area contributed by atoms with Gasteiger partial charge >= 0.3 is 6.03 Å². The quantitative estimate of drug-likeness (QED) is 0.880. The van der Waals surface area contributed by atoms with Crippen molar-refractivity contribution in [2.45, 2.75) is 44.9 Å². The number of nitrogens with zero attached hydrogens (tertiary/aromatic N) is 4. The van der Waals surface area contributed by atoms with Crippen molar-refractivity contribution in [1.82, 2.24) is 20.1 Å². The molecule has 1 aromatic heterocycles. The average Bonchev–Trinajstić information content (AvgIpc) is 3.26. The topological polar surface area (TPSA) is 87.1 Å². The number of carbonyl (C=O) groups is 2. The van der Waals surface area contributed by atoms with Gasteiger partial charge in [0.25, 0.3) is 5.91 Å². The van der Waals surface area contributed by atoms with Crippen molar-refractivity contribution in [3.8, 4) is 0 Å². The van der Waals surface area contributed by atoms with Crippen molar-refractivity contribution in [3.63, 3.8) is 0 Å². The van der Waals surface area contributed by atoms with E-state index < -0.39 is 5.60 Å². The lowest BCUT2D eigenvalue weighted by atomic mass is 9.96. The fraction of sp³-hybridized carbons (Fsp3) is 0.556. The summed E-state index contributed by atoms with van der Waals surface area (Å²) in [6, 6.07) is 3.70. The molecule has 2 aliphatic heterocycles. The Kier molecular flexibility index (Phi) is 5.11. The highest BCUT2D eigenvalue weighted by Gasteiger charge is 2.48. The van der Waals surface area contributed by atoms with Crippen molar-refractivity contribution in [3.05, 3.63) is 30.1 Å². The van der Waals surface area contributed by atoms with Crippen LogP contribution in [0.2, 0.25) is 0 Å². The standard InChI is InChI=1S/C18H25N5O3/c1-13(2)22(3)16(24)15-9-18(26-21-15)6-8-23(12-18)17(25)20-11-14-5-4-7-19-10-14/h4-5,7,10,13H,6,8-9,11-12H2,1-3H3,(H,20,25). The summed E-state index contributed by atoms with van der Waals surface area (Å²) in [5, 5.41) is 6.91. The van der Waals surface area contributed by atoms with E-state index in [-0.39, 0.29) is 18.0 Å². The molecule has 1 atom stereocenters. The van der Waals surface area contributed by atoms with Gasteiger partial charge in [-0.2, -0.15) is 0 Å². The predicted molar refractivity (Wildman–Crippen MR) is 96.4 cm³/mol. The Morgan fingerprint density at radius 2 is 2.27 bits per heavy atom. The number of hydrogen-bond acceptors (Lipinski definition) is 5. The van der Waals surface area contributed by atoms with Crippen molar-refractivity contribution >= 4 is 17.6 Å². The second kappa shape index (κ2) is 7.31. The molecule has 140 valence electrons. The van der Waals surface area contributed by atoms with E-state index in [2.05, 4.69) is 15.5 Å². The molecule has 2 aliphatic rings. The van der Waals surface area contributed by atoms with Crippen LogP contribution in [-0.4, -0.2) is 64.2 Å².